The molecular formula is C31H34F2N6O5S. The molecule has 4 heterocycles. The summed E-state index contributed by atoms with van der Waals surface area (Å²) in [6, 6.07) is 3.33. The maximum Gasteiger partial charge on any atom is 0.511 e. The Morgan fingerprint density at radius 3 is 2.62 bits per heavy atom. The number of H-pyrrole nitrogens is 1. The van der Waals surface area contributed by atoms with Gasteiger partial charge < -0.3 is 24.5 Å². The number of unbranched alkanes of at least 4 members (excludes halogenated alkanes) is 1. The van der Waals surface area contributed by atoms with E-state index in [9.17, 15) is 14.0 Å². The molecule has 3 fully saturated rings. The Balaban J connectivity index is 1.36. The first-order valence-corrected chi connectivity index (χ1v) is 16.1. The zero-order valence-corrected chi connectivity index (χ0v) is 25.8. The van der Waals surface area contributed by atoms with Crippen molar-refractivity contribution in [2.45, 2.75) is 64.8 Å². The second-order valence-corrected chi connectivity index (χ2v) is 12.5. The van der Waals surface area contributed by atoms with E-state index in [-0.39, 0.29) is 41.3 Å². The van der Waals surface area contributed by atoms with Crippen LogP contribution in [0.25, 0.3) is 33.1 Å². The molecule has 0 amide bonds. The normalized spacial score (nSPS) is 20.7. The molecule has 7 rings (SSSR count). The monoisotopic (exact) mass is 640 g/mol. The zero-order chi connectivity index (χ0) is 31.5. The molecule has 2 bridgehead atoms. The number of aromatic nitrogens is 5. The van der Waals surface area contributed by atoms with Crippen LogP contribution in [0, 0.1) is 29.5 Å². The third-order valence-electron chi connectivity index (χ3n) is 8.55. The molecule has 0 spiro atoms. The van der Waals surface area contributed by atoms with Crippen LogP contribution < -0.4 is 5.32 Å². The fourth-order valence-corrected chi connectivity index (χ4v) is 7.44. The zero-order valence-electron chi connectivity index (χ0n) is 25.0. The van der Waals surface area contributed by atoms with Gasteiger partial charge in [0.25, 0.3) is 0 Å². The number of halogens is 2. The van der Waals surface area contributed by atoms with Crippen LogP contribution >= 0.6 is 11.3 Å². The van der Waals surface area contributed by atoms with Crippen LogP contribution in [0.3, 0.4) is 0 Å². The summed E-state index contributed by atoms with van der Waals surface area (Å²) in [5.41, 5.74) is 1.01. The second-order valence-electron chi connectivity index (χ2n) is 11.3. The van der Waals surface area contributed by atoms with E-state index in [0.29, 0.717) is 16.1 Å². The highest BCUT2D eigenvalue weighted by Gasteiger charge is 2.48. The minimum absolute atomic E-state index is 0.0109. The molecule has 3 aliphatic carbocycles. The highest BCUT2D eigenvalue weighted by molar-refractivity contribution is 7.15. The van der Waals surface area contributed by atoms with Crippen molar-refractivity contribution in [1.82, 2.24) is 24.9 Å². The summed E-state index contributed by atoms with van der Waals surface area (Å²) in [7, 11) is 0. The van der Waals surface area contributed by atoms with Gasteiger partial charge in [-0.3, -0.25) is 4.79 Å². The van der Waals surface area contributed by atoms with Crippen molar-refractivity contribution in [1.29, 1.82) is 0 Å². The van der Waals surface area contributed by atoms with Crippen LogP contribution in [-0.2, 0) is 25.4 Å². The van der Waals surface area contributed by atoms with E-state index in [1.807, 2.05) is 12.1 Å². The second kappa shape index (κ2) is 13.4. The molecule has 0 saturated heterocycles. The number of aromatic amines is 1. The van der Waals surface area contributed by atoms with Gasteiger partial charge in [0.05, 0.1) is 29.2 Å². The third-order valence-corrected chi connectivity index (χ3v) is 9.70. The summed E-state index contributed by atoms with van der Waals surface area (Å²) in [6.45, 7) is 3.31. The number of nitrogens with one attached hydrogen (secondary N) is 2. The van der Waals surface area contributed by atoms with E-state index in [2.05, 4.69) is 37.2 Å². The van der Waals surface area contributed by atoms with Crippen molar-refractivity contribution in [2.75, 3.05) is 18.7 Å². The standard InChI is InChI=1S/C31H34F2N6O5S/c1-3-5-6-18-11-12-20(45-18)26-23(33)28(39-27(38-26)19-13-34-29-25(19)36-21(32)14-35-29)37-24-17-9-7-16(8-10-17)22(24)30(40)43-15-44-31(41)42-4-2/h11-14,16-17,22,24H,3-10,15H2,1-2H3,(H,34,35)(H,37,38,39)/t16?,17?,22-,24-/m0/s1. The van der Waals surface area contributed by atoms with Crippen molar-refractivity contribution < 1.29 is 32.6 Å². The average molecular weight is 641 g/mol. The van der Waals surface area contributed by atoms with E-state index in [1.165, 1.54) is 11.3 Å². The number of ether oxygens (including phenoxy) is 3. The van der Waals surface area contributed by atoms with E-state index >= 15 is 4.39 Å². The lowest BCUT2D eigenvalue weighted by Crippen LogP contribution is -2.52. The summed E-state index contributed by atoms with van der Waals surface area (Å²) in [4.78, 5) is 46.8. The van der Waals surface area contributed by atoms with Gasteiger partial charge in [0, 0.05) is 17.1 Å². The van der Waals surface area contributed by atoms with Gasteiger partial charge in [-0.1, -0.05) is 13.3 Å². The first-order valence-electron chi connectivity index (χ1n) is 15.3. The number of nitrogens with zero attached hydrogens (tertiary/aromatic N) is 4. The highest BCUT2D eigenvalue weighted by Crippen LogP contribution is 2.47. The minimum atomic E-state index is -0.929. The number of carbonyl (C=O) groups is 2. The Morgan fingerprint density at radius 1 is 1.04 bits per heavy atom. The fourth-order valence-electron chi connectivity index (χ4n) is 6.40. The molecule has 4 aromatic rings. The number of fused-ring (bicyclic) bond motifs is 4. The van der Waals surface area contributed by atoms with Gasteiger partial charge in [0.15, 0.2) is 23.1 Å². The number of esters is 1. The van der Waals surface area contributed by atoms with Crippen LogP contribution in [-0.4, -0.2) is 56.5 Å². The molecule has 0 aliphatic heterocycles. The van der Waals surface area contributed by atoms with Gasteiger partial charge >= 0.3 is 12.1 Å². The number of carbonyl (C=O) groups excluding carboxylic acids is 2. The molecule has 3 saturated carbocycles. The van der Waals surface area contributed by atoms with E-state index < -0.39 is 42.6 Å². The van der Waals surface area contributed by atoms with E-state index in [1.54, 1.807) is 13.1 Å². The molecule has 11 nitrogen and oxygen atoms in total. The molecule has 14 heteroatoms. The smallest absolute Gasteiger partial charge is 0.435 e. The van der Waals surface area contributed by atoms with E-state index in [4.69, 9.17) is 14.2 Å². The van der Waals surface area contributed by atoms with E-state index in [0.717, 1.165) is 56.0 Å². The largest absolute Gasteiger partial charge is 0.511 e. The maximum absolute atomic E-state index is 16.4. The number of thiophene rings is 1. The number of rotatable bonds is 11. The van der Waals surface area contributed by atoms with Crippen LogP contribution in [0.4, 0.5) is 19.4 Å². The highest BCUT2D eigenvalue weighted by atomic mass is 32.1. The lowest BCUT2D eigenvalue weighted by atomic mass is 9.61. The number of anilines is 1. The van der Waals surface area contributed by atoms with Crippen molar-refractivity contribution in [3.63, 3.8) is 0 Å². The Kier molecular flexibility index (Phi) is 9.19. The average Bonchev–Trinajstić information content (AvgIpc) is 3.69. The van der Waals surface area contributed by atoms with Gasteiger partial charge in [-0.25, -0.2) is 29.1 Å². The first-order chi connectivity index (χ1) is 21.9. The predicted octanol–water partition coefficient (Wildman–Crippen LogP) is 6.65. The summed E-state index contributed by atoms with van der Waals surface area (Å²) < 4.78 is 45.5. The number of aryl methyl sites for hydroxylation is 1. The van der Waals surface area contributed by atoms with Gasteiger partial charge in [-0.2, -0.15) is 4.39 Å². The maximum atomic E-state index is 16.4. The Bertz CT molecular complexity index is 1690. The Hall–Kier alpha value is -4.20. The van der Waals surface area contributed by atoms with Crippen LogP contribution in [0.2, 0.25) is 0 Å². The quantitative estimate of drug-likeness (QED) is 0.135. The molecule has 3 aliphatic rings. The van der Waals surface area contributed by atoms with Crippen LogP contribution in [0.1, 0.15) is 57.2 Å². The van der Waals surface area contributed by atoms with Gasteiger partial charge in [-0.05, 0) is 69.4 Å². The first kappa shape index (κ1) is 30.8. The summed E-state index contributed by atoms with van der Waals surface area (Å²) in [5, 5.41) is 3.27. The predicted molar refractivity (Wildman–Crippen MR) is 162 cm³/mol. The van der Waals surface area contributed by atoms with Crippen LogP contribution in [0.5, 0.6) is 0 Å². The lowest BCUT2D eigenvalue weighted by Gasteiger charge is -2.47. The topological polar surface area (TPSA) is 141 Å². The van der Waals surface area contributed by atoms with Crippen molar-refractivity contribution in [3.8, 4) is 22.0 Å². The summed E-state index contributed by atoms with van der Waals surface area (Å²) in [6.07, 6.45) is 7.95. The molecule has 45 heavy (non-hydrogen) atoms. The van der Waals surface area contributed by atoms with Gasteiger partial charge in [-0.15, -0.1) is 11.3 Å². The van der Waals surface area contributed by atoms with Crippen LogP contribution in [0.15, 0.2) is 24.5 Å². The Labute approximate surface area is 262 Å². The minimum Gasteiger partial charge on any atom is -0.435 e. The molecule has 2 atom stereocenters. The molecule has 0 radical (unpaired) electrons. The fraction of sp³-hybridized carbons (Fsp3) is 0.484. The molecule has 238 valence electrons. The Morgan fingerprint density at radius 2 is 1.84 bits per heavy atom. The summed E-state index contributed by atoms with van der Waals surface area (Å²) >= 11 is 1.46. The molecule has 0 aromatic carbocycles. The SMILES string of the molecule is CCCCc1ccc(-c2nc(-c3c[nH]c4ncc(F)nc34)nc(N[C@H]3C4CCC(CC4)[C@@H]3C(=O)OCOC(=O)OCC)c2F)s1. The molecule has 4 aromatic heterocycles. The third kappa shape index (κ3) is 6.46. The van der Waals surface area contributed by atoms with Crippen molar-refractivity contribution in [3.05, 3.63) is 41.2 Å². The van der Waals surface area contributed by atoms with Gasteiger partial charge in [0.1, 0.15) is 11.2 Å². The molecular weight excluding hydrogens is 606 g/mol. The lowest BCUT2D eigenvalue weighted by molar-refractivity contribution is -0.164. The summed E-state index contributed by atoms with van der Waals surface area (Å²) in [5.74, 6) is -2.44. The molecule has 2 N–H and O–H groups in total. The van der Waals surface area contributed by atoms with Gasteiger partial charge in [0.2, 0.25) is 12.7 Å². The molecule has 0 unspecified atom stereocenters. The number of hydrogen-bond donors (Lipinski definition) is 2. The van der Waals surface area contributed by atoms with Crippen molar-refractivity contribution >= 4 is 40.4 Å². The number of hydrogen-bond acceptors (Lipinski definition) is 11. The van der Waals surface area contributed by atoms with Crippen molar-refractivity contribution in [2.24, 2.45) is 17.8 Å².